The zero-order valence-corrected chi connectivity index (χ0v) is 24.3. The Morgan fingerprint density at radius 3 is 2.67 bits per heavy atom. The van der Waals surface area contributed by atoms with Gasteiger partial charge in [-0.1, -0.05) is 30.3 Å². The molecule has 1 saturated carbocycles. The molecule has 0 bridgehead atoms. The van der Waals surface area contributed by atoms with E-state index in [0.717, 1.165) is 79.4 Å². The maximum absolute atomic E-state index is 13.4. The molecule has 4 aromatic heterocycles. The second-order valence-corrected chi connectivity index (χ2v) is 11.4. The number of fused-ring (bicyclic) bond motifs is 2. The van der Waals surface area contributed by atoms with E-state index in [1.807, 2.05) is 37.5 Å². The van der Waals surface area contributed by atoms with Crippen molar-refractivity contribution in [3.8, 4) is 11.3 Å². The third-order valence-electron chi connectivity index (χ3n) is 8.58. The van der Waals surface area contributed by atoms with Crippen LogP contribution in [0.15, 0.2) is 67.1 Å². The highest BCUT2D eigenvalue weighted by atomic mass is 16.5. The van der Waals surface area contributed by atoms with Crippen LogP contribution in [0.25, 0.3) is 27.9 Å². The van der Waals surface area contributed by atoms with Gasteiger partial charge in [0.1, 0.15) is 5.65 Å². The molecule has 5 heterocycles. The lowest BCUT2D eigenvalue weighted by molar-refractivity contribution is 0.0365. The van der Waals surface area contributed by atoms with Crippen LogP contribution in [-0.2, 0) is 17.8 Å². The van der Waals surface area contributed by atoms with Gasteiger partial charge in [-0.05, 0) is 36.6 Å². The Bertz CT molecular complexity index is 1740. The first-order valence-corrected chi connectivity index (χ1v) is 14.9. The maximum atomic E-state index is 13.4. The van der Waals surface area contributed by atoms with Crippen molar-refractivity contribution in [3.63, 3.8) is 0 Å². The number of morpholine rings is 1. The number of carbonyl (C=O) groups is 1. The molecule has 7 rings (SSSR count). The number of nitrogens with zero attached hydrogens (tertiary/aromatic N) is 7. The highest BCUT2D eigenvalue weighted by molar-refractivity contribution is 5.96. The van der Waals surface area contributed by atoms with Gasteiger partial charge in [-0.15, -0.1) is 0 Å². The summed E-state index contributed by atoms with van der Waals surface area (Å²) in [6, 6.07) is 16.1. The van der Waals surface area contributed by atoms with E-state index in [1.165, 1.54) is 0 Å². The van der Waals surface area contributed by atoms with Crippen LogP contribution in [0.4, 0.5) is 5.69 Å². The molecule has 1 aliphatic heterocycles. The van der Waals surface area contributed by atoms with Crippen molar-refractivity contribution in [2.75, 3.05) is 44.8 Å². The van der Waals surface area contributed by atoms with Gasteiger partial charge in [0.25, 0.3) is 5.91 Å². The first-order chi connectivity index (χ1) is 21.0. The van der Waals surface area contributed by atoms with E-state index in [9.17, 15) is 9.90 Å². The molecule has 2 aliphatic rings. The second kappa shape index (κ2) is 11.8. The van der Waals surface area contributed by atoms with Crippen LogP contribution in [0.3, 0.4) is 0 Å². The van der Waals surface area contributed by atoms with Gasteiger partial charge >= 0.3 is 0 Å². The summed E-state index contributed by atoms with van der Waals surface area (Å²) in [5.74, 6) is -0.299. The fraction of sp³-hybridized carbons (Fsp3) is 0.375. The molecule has 11 nitrogen and oxygen atoms in total. The number of aromatic nitrogens is 5. The molecule has 0 radical (unpaired) electrons. The van der Waals surface area contributed by atoms with E-state index >= 15 is 0 Å². The molecule has 1 saturated heterocycles. The molecular formula is C32H36N8O3. The van der Waals surface area contributed by atoms with Crippen molar-refractivity contribution < 1.29 is 14.6 Å². The van der Waals surface area contributed by atoms with Gasteiger partial charge in [0.05, 0.1) is 42.9 Å². The highest BCUT2D eigenvalue weighted by Gasteiger charge is 2.31. The summed E-state index contributed by atoms with van der Waals surface area (Å²) in [7, 11) is 2.03. The normalized spacial score (nSPS) is 19.0. The van der Waals surface area contributed by atoms with Crippen LogP contribution in [0.5, 0.6) is 0 Å². The van der Waals surface area contributed by atoms with Gasteiger partial charge in [-0.3, -0.25) is 9.69 Å². The lowest BCUT2D eigenvalue weighted by Crippen LogP contribution is -2.50. The number of benzene rings is 1. The number of aliphatic hydroxyl groups excluding tert-OH is 1. The largest absolute Gasteiger partial charge is 0.391 e. The number of nitrogens with one attached hydrogen (secondary N) is 1. The number of aliphatic hydroxyl groups is 1. The number of hydrogen-bond donors (Lipinski definition) is 2. The molecule has 2 unspecified atom stereocenters. The number of anilines is 1. The van der Waals surface area contributed by atoms with Gasteiger partial charge < -0.3 is 24.6 Å². The Kier molecular flexibility index (Phi) is 7.52. The summed E-state index contributed by atoms with van der Waals surface area (Å²) in [5, 5.41) is 19.0. The predicted octanol–water partition coefficient (Wildman–Crippen LogP) is 2.97. The molecule has 2 fully saturated rings. The zero-order chi connectivity index (χ0) is 29.3. The Morgan fingerprint density at radius 2 is 1.91 bits per heavy atom. The fourth-order valence-electron chi connectivity index (χ4n) is 5.93. The lowest BCUT2D eigenvalue weighted by atomic mass is 9.89. The van der Waals surface area contributed by atoms with E-state index in [4.69, 9.17) is 14.8 Å². The molecule has 2 N–H and O–H groups in total. The van der Waals surface area contributed by atoms with Gasteiger partial charge in [0.2, 0.25) is 0 Å². The van der Waals surface area contributed by atoms with E-state index in [1.54, 1.807) is 10.7 Å². The predicted molar refractivity (Wildman–Crippen MR) is 164 cm³/mol. The topological polar surface area (TPSA) is 113 Å². The molecule has 222 valence electrons. The number of rotatable bonds is 9. The van der Waals surface area contributed by atoms with Crippen LogP contribution in [-0.4, -0.2) is 92.1 Å². The van der Waals surface area contributed by atoms with Crippen LogP contribution < -0.4 is 10.2 Å². The Hall–Kier alpha value is -4.32. The van der Waals surface area contributed by atoms with Crippen molar-refractivity contribution in [1.29, 1.82) is 0 Å². The molecule has 1 aliphatic carbocycles. The van der Waals surface area contributed by atoms with Crippen molar-refractivity contribution in [2.45, 2.75) is 38.1 Å². The van der Waals surface area contributed by atoms with E-state index in [2.05, 4.69) is 55.1 Å². The number of imidazole rings is 1. The summed E-state index contributed by atoms with van der Waals surface area (Å²) in [6.07, 6.45) is 6.44. The first-order valence-electron chi connectivity index (χ1n) is 14.9. The van der Waals surface area contributed by atoms with Crippen molar-refractivity contribution >= 4 is 28.3 Å². The van der Waals surface area contributed by atoms with Crippen LogP contribution in [0.1, 0.15) is 28.9 Å². The zero-order valence-electron chi connectivity index (χ0n) is 24.3. The minimum absolute atomic E-state index is 0.253. The maximum Gasteiger partial charge on any atom is 0.271 e. The Morgan fingerprint density at radius 1 is 1.07 bits per heavy atom. The SMILES string of the molecule is CN(Cc1ccccc1)c1cc(-c2cn(CCN3CCOCC3)c3ncccc23)nn2c(C(=O)NC3CCC3O)cnc12. The summed E-state index contributed by atoms with van der Waals surface area (Å²) in [5.41, 5.74) is 5.50. The smallest absolute Gasteiger partial charge is 0.271 e. The molecule has 1 amide bonds. The summed E-state index contributed by atoms with van der Waals surface area (Å²) < 4.78 is 9.35. The van der Waals surface area contributed by atoms with Gasteiger partial charge in [-0.2, -0.15) is 5.10 Å². The Labute approximate surface area is 249 Å². The molecule has 5 aromatic rings. The number of amides is 1. The fourth-order valence-corrected chi connectivity index (χ4v) is 5.93. The van der Waals surface area contributed by atoms with Crippen molar-refractivity contribution in [2.24, 2.45) is 0 Å². The minimum Gasteiger partial charge on any atom is -0.391 e. The quantitative estimate of drug-likeness (QED) is 0.274. The monoisotopic (exact) mass is 580 g/mol. The molecule has 1 aromatic carbocycles. The van der Waals surface area contributed by atoms with E-state index in [0.29, 0.717) is 24.3 Å². The first kappa shape index (κ1) is 27.5. The molecule has 43 heavy (non-hydrogen) atoms. The molecule has 2 atom stereocenters. The average molecular weight is 581 g/mol. The number of hydrogen-bond acceptors (Lipinski definition) is 8. The average Bonchev–Trinajstić information content (AvgIpc) is 3.64. The molecular weight excluding hydrogens is 544 g/mol. The highest BCUT2D eigenvalue weighted by Crippen LogP contribution is 2.33. The van der Waals surface area contributed by atoms with Gasteiger partial charge in [-0.25, -0.2) is 14.5 Å². The number of ether oxygens (including phenoxy) is 1. The lowest BCUT2D eigenvalue weighted by Gasteiger charge is -2.32. The minimum atomic E-state index is -0.518. The third kappa shape index (κ3) is 5.47. The van der Waals surface area contributed by atoms with Gasteiger partial charge in [0.15, 0.2) is 11.3 Å². The molecule has 11 heteroatoms. The third-order valence-corrected chi connectivity index (χ3v) is 8.58. The van der Waals surface area contributed by atoms with E-state index in [-0.39, 0.29) is 11.9 Å². The standard InChI is InChI=1S/C32H36N8O3/c1-37(20-22-6-3-2-4-7-22)27-18-26(36-40-28(19-34-31(27)40)32(42)35-25-9-10-29(25)41)24-21-39(30-23(24)8-5-11-33-30)13-12-38-14-16-43-17-15-38/h2-8,11,18-19,21,25,29,41H,9-10,12-17,20H2,1H3,(H,35,42). The Balaban J connectivity index is 1.30. The molecule has 0 spiro atoms. The number of carbonyl (C=O) groups excluding carboxylic acids is 1. The van der Waals surface area contributed by atoms with Crippen LogP contribution in [0, 0.1) is 0 Å². The van der Waals surface area contributed by atoms with Crippen LogP contribution >= 0.6 is 0 Å². The van der Waals surface area contributed by atoms with Gasteiger partial charge in [0, 0.05) is 63.1 Å². The summed E-state index contributed by atoms with van der Waals surface area (Å²) >= 11 is 0. The summed E-state index contributed by atoms with van der Waals surface area (Å²) in [4.78, 5) is 27.3. The van der Waals surface area contributed by atoms with Crippen LogP contribution in [0.2, 0.25) is 0 Å². The van der Waals surface area contributed by atoms with Crippen molar-refractivity contribution in [3.05, 3.63) is 78.4 Å². The second-order valence-electron chi connectivity index (χ2n) is 11.4. The number of pyridine rings is 1. The summed E-state index contributed by atoms with van der Waals surface area (Å²) in [6.45, 7) is 5.74. The van der Waals surface area contributed by atoms with Crippen molar-refractivity contribution in [1.82, 2.24) is 34.4 Å². The van der Waals surface area contributed by atoms with E-state index < -0.39 is 6.10 Å².